The number of aryl methyl sites for hydroxylation is 1. The van der Waals surface area contributed by atoms with E-state index in [0.717, 1.165) is 0 Å². The number of fused-ring (bicyclic) bond motifs is 3. The van der Waals surface area contributed by atoms with Crippen molar-refractivity contribution in [1.82, 2.24) is 0 Å². The minimum atomic E-state index is -3.38. The lowest BCUT2D eigenvalue weighted by Gasteiger charge is -2.15. The Hall–Kier alpha value is -3.12. The molecule has 2 aromatic heterocycles. The van der Waals surface area contributed by atoms with Gasteiger partial charge in [0.2, 0.25) is 5.69 Å². The Morgan fingerprint density at radius 2 is 2.04 bits per heavy atom. The van der Waals surface area contributed by atoms with Gasteiger partial charge in [0.05, 0.1) is 11.1 Å². The van der Waals surface area contributed by atoms with Crippen molar-refractivity contribution in [2.24, 2.45) is 7.05 Å². The third-order valence-corrected chi connectivity index (χ3v) is 5.29. The predicted molar refractivity (Wildman–Crippen MR) is 113 cm³/mol. The van der Waals surface area contributed by atoms with Crippen molar-refractivity contribution in [3.05, 3.63) is 64.3 Å². The Morgan fingerprint density at radius 1 is 1.21 bits per heavy atom. The number of pyridine rings is 1. The molecule has 4 rings (SSSR count). The highest BCUT2D eigenvalue weighted by Gasteiger charge is 2.25. The van der Waals surface area contributed by atoms with Gasteiger partial charge in [-0.3, -0.25) is 0 Å². The van der Waals surface area contributed by atoms with Gasteiger partial charge in [0.25, 0.3) is 0 Å². The molecule has 0 atom stereocenters. The van der Waals surface area contributed by atoms with E-state index in [1.807, 2.05) is 0 Å². The molecule has 0 radical (unpaired) electrons. The van der Waals surface area contributed by atoms with Gasteiger partial charge in [-0.15, -0.1) is 0 Å². The van der Waals surface area contributed by atoms with Crippen LogP contribution in [0.3, 0.4) is 0 Å². The fourth-order valence-corrected chi connectivity index (χ4v) is 3.70. The van der Waals surface area contributed by atoms with Gasteiger partial charge in [0.1, 0.15) is 18.7 Å². The molecule has 0 spiro atoms. The molecule has 3 nitrogen and oxygen atoms in total. The molecule has 3 heteroatoms. The van der Waals surface area contributed by atoms with Crippen molar-refractivity contribution in [3.8, 4) is 17.3 Å². The second kappa shape index (κ2) is 6.49. The second-order valence-electron chi connectivity index (χ2n) is 6.86. The SMILES string of the molecule is [2H]C([2H])([2H])c1c(C([2H])(C([2H])([2H])[2H])C([2H])([2H])[2H])cc(-c2c(C)ccc3oc4c(C#N)cccc4c23)[n+](C)c1C. The summed E-state index contributed by atoms with van der Waals surface area (Å²) in [6.45, 7) is -6.40. The third kappa shape index (κ3) is 2.52. The third-order valence-electron chi connectivity index (χ3n) is 5.29. The molecule has 0 aliphatic heterocycles. The fraction of sp³-hybridized carbons (Fsp3) is 0.280. The lowest BCUT2D eigenvalue weighted by atomic mass is 9.92. The first-order valence-electron chi connectivity index (χ1n) is 13.8. The number of furan rings is 1. The summed E-state index contributed by atoms with van der Waals surface area (Å²) >= 11 is 0. The van der Waals surface area contributed by atoms with Crippen molar-refractivity contribution >= 4 is 21.9 Å². The maximum absolute atomic E-state index is 9.57. The average Bonchev–Trinajstić information content (AvgIpc) is 3.17. The molecule has 28 heavy (non-hydrogen) atoms. The van der Waals surface area contributed by atoms with Crippen LogP contribution in [0.25, 0.3) is 33.2 Å². The first-order valence-corrected chi connectivity index (χ1v) is 8.76. The number of aromatic nitrogens is 1. The molecule has 140 valence electrons. The first kappa shape index (κ1) is 9.89. The number of nitrogens with zero attached hydrogens (tertiary/aromatic N) is 2. The van der Waals surface area contributed by atoms with Crippen molar-refractivity contribution in [1.29, 1.82) is 5.26 Å². The molecule has 0 unspecified atom stereocenters. The van der Waals surface area contributed by atoms with E-state index in [1.54, 1.807) is 48.9 Å². The molecule has 0 N–H and O–H groups in total. The lowest BCUT2D eigenvalue weighted by molar-refractivity contribution is -0.667. The van der Waals surface area contributed by atoms with E-state index in [-0.39, 0.29) is 5.69 Å². The Labute approximate surface area is 179 Å². The van der Waals surface area contributed by atoms with E-state index >= 15 is 0 Å². The van der Waals surface area contributed by atoms with Gasteiger partial charge in [-0.05, 0) is 42.9 Å². The van der Waals surface area contributed by atoms with Crippen LogP contribution in [0.4, 0.5) is 0 Å². The molecule has 0 aliphatic carbocycles. The van der Waals surface area contributed by atoms with Crippen molar-refractivity contribution in [2.45, 2.75) is 40.3 Å². The Bertz CT molecular complexity index is 1620. The lowest BCUT2D eigenvalue weighted by Crippen LogP contribution is -2.36. The minimum Gasteiger partial charge on any atom is -0.455 e. The van der Waals surface area contributed by atoms with Crippen LogP contribution < -0.4 is 4.57 Å². The number of hydrogen-bond donors (Lipinski definition) is 0. The quantitative estimate of drug-likeness (QED) is 0.401. The number of hydrogen-bond acceptors (Lipinski definition) is 2. The Balaban J connectivity index is 2.26. The molecule has 4 aromatic rings. The van der Waals surface area contributed by atoms with Gasteiger partial charge in [-0.1, -0.05) is 31.9 Å². The summed E-state index contributed by atoms with van der Waals surface area (Å²) in [5.74, 6) is -3.23. The predicted octanol–water partition coefficient (Wildman–Crippen LogP) is 6.00. The zero-order valence-electron chi connectivity index (χ0n) is 25.8. The van der Waals surface area contributed by atoms with E-state index < -0.39 is 37.6 Å². The van der Waals surface area contributed by atoms with Crippen molar-refractivity contribution in [2.75, 3.05) is 0 Å². The summed E-state index contributed by atoms with van der Waals surface area (Å²) in [5.41, 5.74) is 1.68. The minimum absolute atomic E-state index is 0.101. The maximum atomic E-state index is 9.57. The fourth-order valence-electron chi connectivity index (χ4n) is 3.70. The molecular formula is C25H25N2O+. The zero-order chi connectivity index (χ0) is 28.6. The van der Waals surface area contributed by atoms with E-state index in [9.17, 15) is 5.26 Å². The molecule has 0 saturated heterocycles. The van der Waals surface area contributed by atoms with Crippen LogP contribution in [0.5, 0.6) is 0 Å². The Kier molecular flexibility index (Phi) is 2.29. The van der Waals surface area contributed by atoms with Crippen LogP contribution in [0.15, 0.2) is 40.8 Å². The molecular weight excluding hydrogens is 344 g/mol. The van der Waals surface area contributed by atoms with Gasteiger partial charge in [0, 0.05) is 43.0 Å². The molecule has 0 fully saturated rings. The number of para-hydroxylation sites is 1. The highest BCUT2D eigenvalue weighted by molar-refractivity contribution is 6.13. The summed E-state index contributed by atoms with van der Waals surface area (Å²) < 4.78 is 89.0. The highest BCUT2D eigenvalue weighted by Crippen LogP contribution is 2.39. The van der Waals surface area contributed by atoms with Crippen molar-refractivity contribution < 1.29 is 22.7 Å². The van der Waals surface area contributed by atoms with Gasteiger partial charge in [0.15, 0.2) is 11.3 Å². The Morgan fingerprint density at radius 3 is 2.75 bits per heavy atom. The van der Waals surface area contributed by atoms with Crippen LogP contribution in [0.2, 0.25) is 0 Å². The van der Waals surface area contributed by atoms with Crippen LogP contribution in [0.1, 0.15) is 61.3 Å². The first-order chi connectivity index (χ1) is 17.4. The molecule has 2 aromatic carbocycles. The van der Waals surface area contributed by atoms with E-state index in [1.165, 1.54) is 13.0 Å². The van der Waals surface area contributed by atoms with Gasteiger partial charge in [-0.25, -0.2) is 0 Å². The molecule has 0 amide bonds. The summed E-state index contributed by atoms with van der Waals surface area (Å²) in [5, 5.41) is 10.8. The molecule has 0 bridgehead atoms. The number of benzene rings is 2. The summed E-state index contributed by atoms with van der Waals surface area (Å²) in [6.07, 6.45) is 0. The topological polar surface area (TPSA) is 40.8 Å². The number of nitriles is 1. The highest BCUT2D eigenvalue weighted by atomic mass is 16.3. The summed E-state index contributed by atoms with van der Waals surface area (Å²) in [6, 6.07) is 11.9. The van der Waals surface area contributed by atoms with E-state index in [4.69, 9.17) is 18.1 Å². The molecule has 0 aliphatic rings. The van der Waals surface area contributed by atoms with Gasteiger partial charge < -0.3 is 4.42 Å². The largest absolute Gasteiger partial charge is 0.455 e. The van der Waals surface area contributed by atoms with Gasteiger partial charge >= 0.3 is 0 Å². The van der Waals surface area contributed by atoms with Crippen molar-refractivity contribution in [3.63, 3.8) is 0 Å². The van der Waals surface area contributed by atoms with Crippen LogP contribution in [-0.2, 0) is 7.05 Å². The molecule has 2 heterocycles. The van der Waals surface area contributed by atoms with E-state index in [2.05, 4.69) is 6.07 Å². The standard InChI is InChI=1S/C25H25N2O/c1-14(2)20-12-21(27(6)17(5)16(20)4)23-15(3)10-11-22-24(23)19-9-7-8-18(13-26)25(19)28-22/h7-12,14H,1-6H3/q+1/i1D3,2D3,4D3,14D. The van der Waals surface area contributed by atoms with Crippen LogP contribution in [0, 0.1) is 32.0 Å². The van der Waals surface area contributed by atoms with E-state index in [0.29, 0.717) is 44.3 Å². The monoisotopic (exact) mass is 379 g/mol. The zero-order valence-corrected chi connectivity index (χ0v) is 15.8. The maximum Gasteiger partial charge on any atom is 0.213 e. The molecule has 0 saturated carbocycles. The van der Waals surface area contributed by atoms with Crippen LogP contribution >= 0.6 is 0 Å². The number of rotatable bonds is 2. The van der Waals surface area contributed by atoms with Gasteiger partial charge in [-0.2, -0.15) is 9.83 Å². The average molecular weight is 380 g/mol. The summed E-state index contributed by atoms with van der Waals surface area (Å²) in [7, 11) is 1.60. The smallest absolute Gasteiger partial charge is 0.213 e. The van der Waals surface area contributed by atoms with Crippen LogP contribution in [-0.4, -0.2) is 0 Å². The normalized spacial score (nSPS) is 18.5. The second-order valence-corrected chi connectivity index (χ2v) is 6.86. The summed E-state index contributed by atoms with van der Waals surface area (Å²) in [4.78, 5) is 0.